The van der Waals surface area contributed by atoms with Crippen LogP contribution in [0.2, 0.25) is 0 Å². The van der Waals surface area contributed by atoms with Crippen LogP contribution >= 0.6 is 12.4 Å². The minimum atomic E-state index is -0.427. The maximum Gasteiger partial charge on any atom is 0.257 e. The number of amides is 2. The highest BCUT2D eigenvalue weighted by Gasteiger charge is 2.31. The zero-order valence-corrected chi connectivity index (χ0v) is 14.1. The Balaban J connectivity index is 0.00000208. The number of phenolic OH excluding ortho intramolecular Hbond substituents is 1. The molecule has 8 heteroatoms. The lowest BCUT2D eigenvalue weighted by Gasteiger charge is -2.37. The topological polar surface area (TPSA) is 82.1 Å². The first-order chi connectivity index (χ1) is 11.2. The molecule has 1 aromatic carbocycles. The van der Waals surface area contributed by atoms with Crippen molar-refractivity contribution in [2.45, 2.75) is 6.10 Å². The van der Waals surface area contributed by atoms with Crippen LogP contribution in [0, 0.1) is 0 Å². The molecule has 2 aliphatic heterocycles. The highest BCUT2D eigenvalue weighted by atomic mass is 35.5. The molecule has 1 aromatic rings. The summed E-state index contributed by atoms with van der Waals surface area (Å²) in [6.07, 6.45) is -0.427. The summed E-state index contributed by atoms with van der Waals surface area (Å²) in [4.78, 5) is 28.2. The number of para-hydroxylation sites is 1. The van der Waals surface area contributed by atoms with E-state index in [1.807, 2.05) is 0 Å². The number of nitrogens with one attached hydrogen (secondary N) is 1. The van der Waals surface area contributed by atoms with Gasteiger partial charge in [0, 0.05) is 39.3 Å². The Labute approximate surface area is 147 Å². The van der Waals surface area contributed by atoms with Gasteiger partial charge in [0.25, 0.3) is 11.8 Å². The third-order valence-electron chi connectivity index (χ3n) is 4.22. The van der Waals surface area contributed by atoms with Crippen LogP contribution < -0.4 is 5.32 Å². The average Bonchev–Trinajstić information content (AvgIpc) is 2.62. The number of nitrogens with zero attached hydrogens (tertiary/aromatic N) is 2. The summed E-state index contributed by atoms with van der Waals surface area (Å²) in [6.45, 7) is 3.73. The Bertz CT molecular complexity index is 584. The van der Waals surface area contributed by atoms with Gasteiger partial charge in [0.1, 0.15) is 11.9 Å². The fourth-order valence-corrected chi connectivity index (χ4v) is 2.88. The second-order valence-corrected chi connectivity index (χ2v) is 5.70. The van der Waals surface area contributed by atoms with E-state index in [0.29, 0.717) is 44.9 Å². The van der Waals surface area contributed by atoms with Crippen molar-refractivity contribution in [2.24, 2.45) is 0 Å². The lowest BCUT2D eigenvalue weighted by atomic mass is 10.1. The summed E-state index contributed by atoms with van der Waals surface area (Å²) in [7, 11) is 0. The number of carbonyl (C=O) groups is 2. The quantitative estimate of drug-likeness (QED) is 0.785. The number of piperazine rings is 1. The lowest BCUT2D eigenvalue weighted by Crippen LogP contribution is -2.56. The molecule has 0 aromatic heterocycles. The SMILES string of the molecule is Cl.O=C(c1ccccc1O)N1CCN(C(=O)C2CNCCO2)CC1. The van der Waals surface area contributed by atoms with Crippen molar-refractivity contribution >= 4 is 24.2 Å². The van der Waals surface area contributed by atoms with Gasteiger partial charge in [0.05, 0.1) is 12.2 Å². The highest BCUT2D eigenvalue weighted by molar-refractivity contribution is 5.97. The van der Waals surface area contributed by atoms with E-state index in [9.17, 15) is 14.7 Å². The summed E-state index contributed by atoms with van der Waals surface area (Å²) >= 11 is 0. The van der Waals surface area contributed by atoms with Gasteiger partial charge in [-0.05, 0) is 12.1 Å². The molecule has 0 bridgehead atoms. The predicted molar refractivity (Wildman–Crippen MR) is 90.4 cm³/mol. The molecule has 2 aliphatic rings. The molecule has 1 unspecified atom stereocenters. The minimum absolute atomic E-state index is 0. The number of hydrogen-bond acceptors (Lipinski definition) is 5. The first kappa shape index (κ1) is 18.5. The van der Waals surface area contributed by atoms with E-state index in [1.54, 1.807) is 28.0 Å². The molecule has 0 aliphatic carbocycles. The van der Waals surface area contributed by atoms with Gasteiger partial charge in [0.2, 0.25) is 0 Å². The number of carbonyl (C=O) groups excluding carboxylic acids is 2. The summed E-state index contributed by atoms with van der Waals surface area (Å²) in [6, 6.07) is 6.51. The Hall–Kier alpha value is -1.83. The van der Waals surface area contributed by atoms with Crippen molar-refractivity contribution in [1.29, 1.82) is 0 Å². The van der Waals surface area contributed by atoms with Crippen molar-refractivity contribution in [3.8, 4) is 5.75 Å². The molecule has 132 valence electrons. The molecule has 3 rings (SSSR count). The second kappa shape index (κ2) is 8.32. The number of morpholine rings is 1. The zero-order valence-electron chi connectivity index (χ0n) is 13.3. The fourth-order valence-electron chi connectivity index (χ4n) is 2.88. The molecule has 2 heterocycles. The molecule has 2 fully saturated rings. The summed E-state index contributed by atoms with van der Waals surface area (Å²) in [5, 5.41) is 12.9. The number of aromatic hydroxyl groups is 1. The lowest BCUT2D eigenvalue weighted by molar-refractivity contribution is -0.146. The monoisotopic (exact) mass is 355 g/mol. The smallest absolute Gasteiger partial charge is 0.257 e. The number of halogens is 1. The largest absolute Gasteiger partial charge is 0.507 e. The molecular weight excluding hydrogens is 334 g/mol. The van der Waals surface area contributed by atoms with Crippen LogP contribution in [0.25, 0.3) is 0 Å². The molecule has 0 saturated carbocycles. The molecular formula is C16H22ClN3O4. The van der Waals surface area contributed by atoms with Gasteiger partial charge in [-0.1, -0.05) is 12.1 Å². The molecule has 2 N–H and O–H groups in total. The standard InChI is InChI=1S/C16H21N3O4.ClH/c20-13-4-2-1-3-12(13)15(21)18-6-8-19(9-7-18)16(22)14-11-17-5-10-23-14;/h1-4,14,17,20H,5-11H2;1H. The third kappa shape index (κ3) is 3.98. The van der Waals surface area contributed by atoms with Crippen LogP contribution in [0.4, 0.5) is 0 Å². The summed E-state index contributed by atoms with van der Waals surface area (Å²) < 4.78 is 5.48. The van der Waals surface area contributed by atoms with Crippen LogP contribution in [-0.4, -0.2) is 78.7 Å². The van der Waals surface area contributed by atoms with Crippen LogP contribution in [0.15, 0.2) is 24.3 Å². The Morgan fingerprint density at radius 1 is 1.12 bits per heavy atom. The maximum absolute atomic E-state index is 12.4. The highest BCUT2D eigenvalue weighted by Crippen LogP contribution is 2.19. The van der Waals surface area contributed by atoms with Crippen LogP contribution in [0.1, 0.15) is 10.4 Å². The number of hydrogen-bond donors (Lipinski definition) is 2. The van der Waals surface area contributed by atoms with E-state index in [2.05, 4.69) is 5.32 Å². The normalized spacial score (nSPS) is 21.1. The number of benzene rings is 1. The molecule has 7 nitrogen and oxygen atoms in total. The molecule has 0 spiro atoms. The third-order valence-corrected chi connectivity index (χ3v) is 4.22. The molecule has 24 heavy (non-hydrogen) atoms. The minimum Gasteiger partial charge on any atom is -0.507 e. The predicted octanol–water partition coefficient (Wildman–Crippen LogP) is 0.0868. The summed E-state index contributed by atoms with van der Waals surface area (Å²) in [5.74, 6) is -0.240. The number of ether oxygens (including phenoxy) is 1. The Kier molecular flexibility index (Phi) is 6.42. The number of rotatable bonds is 2. The van der Waals surface area contributed by atoms with Crippen molar-refractivity contribution < 1.29 is 19.4 Å². The number of phenols is 1. The first-order valence-electron chi connectivity index (χ1n) is 7.85. The molecule has 2 saturated heterocycles. The molecule has 1 atom stereocenters. The van der Waals surface area contributed by atoms with Crippen molar-refractivity contribution in [3.05, 3.63) is 29.8 Å². The van der Waals surface area contributed by atoms with E-state index < -0.39 is 6.10 Å². The van der Waals surface area contributed by atoms with E-state index in [-0.39, 0.29) is 30.0 Å². The van der Waals surface area contributed by atoms with Gasteiger partial charge >= 0.3 is 0 Å². The Morgan fingerprint density at radius 2 is 1.79 bits per heavy atom. The van der Waals surface area contributed by atoms with Gasteiger partial charge in [-0.3, -0.25) is 9.59 Å². The molecule has 2 amide bonds. The second-order valence-electron chi connectivity index (χ2n) is 5.70. The Morgan fingerprint density at radius 3 is 2.42 bits per heavy atom. The molecule has 0 radical (unpaired) electrons. The fraction of sp³-hybridized carbons (Fsp3) is 0.500. The maximum atomic E-state index is 12.4. The van der Waals surface area contributed by atoms with Gasteiger partial charge in [-0.2, -0.15) is 0 Å². The summed E-state index contributed by atoms with van der Waals surface area (Å²) in [5.41, 5.74) is 0.298. The van der Waals surface area contributed by atoms with Gasteiger partial charge in [-0.25, -0.2) is 0 Å². The van der Waals surface area contributed by atoms with Gasteiger partial charge in [0.15, 0.2) is 0 Å². The van der Waals surface area contributed by atoms with E-state index >= 15 is 0 Å². The van der Waals surface area contributed by atoms with E-state index in [4.69, 9.17) is 4.74 Å². The van der Waals surface area contributed by atoms with Gasteiger partial charge in [-0.15, -0.1) is 12.4 Å². The van der Waals surface area contributed by atoms with Gasteiger partial charge < -0.3 is 25.0 Å². The first-order valence-corrected chi connectivity index (χ1v) is 7.85. The van der Waals surface area contributed by atoms with E-state index in [0.717, 1.165) is 6.54 Å². The van der Waals surface area contributed by atoms with Crippen LogP contribution in [0.5, 0.6) is 5.75 Å². The van der Waals surface area contributed by atoms with Crippen molar-refractivity contribution in [1.82, 2.24) is 15.1 Å². The van der Waals surface area contributed by atoms with Crippen LogP contribution in [0.3, 0.4) is 0 Å². The van der Waals surface area contributed by atoms with Crippen LogP contribution in [-0.2, 0) is 9.53 Å². The average molecular weight is 356 g/mol. The van der Waals surface area contributed by atoms with Crippen molar-refractivity contribution in [3.63, 3.8) is 0 Å². The zero-order chi connectivity index (χ0) is 16.2. The van der Waals surface area contributed by atoms with E-state index in [1.165, 1.54) is 6.07 Å². The van der Waals surface area contributed by atoms with Crippen molar-refractivity contribution in [2.75, 3.05) is 45.9 Å².